The zero-order valence-corrected chi connectivity index (χ0v) is 14.3. The molecule has 1 aliphatic heterocycles. The molecule has 2 heterocycles. The Morgan fingerprint density at radius 2 is 2.11 bits per heavy atom. The molecule has 27 heavy (non-hydrogen) atoms. The molecule has 0 spiro atoms. The van der Waals surface area contributed by atoms with Crippen LogP contribution in [-0.2, 0) is 6.18 Å². The van der Waals surface area contributed by atoms with E-state index in [4.69, 9.17) is 9.15 Å². The largest absolute Gasteiger partial charge is 0.490 e. The number of oxazole rings is 1. The summed E-state index contributed by atoms with van der Waals surface area (Å²) in [6.07, 6.45) is -0.729. The lowest BCUT2D eigenvalue weighted by molar-refractivity contribution is -0.137. The summed E-state index contributed by atoms with van der Waals surface area (Å²) in [5, 5.41) is 5.91. The summed E-state index contributed by atoms with van der Waals surface area (Å²) < 4.78 is 50.4. The molecule has 2 N–H and O–H groups in total. The average molecular weight is 381 g/mol. The molecule has 1 atom stereocenters. The smallest absolute Gasteiger partial charge is 0.416 e. The Labute approximate surface area is 153 Å². The molecule has 2 aliphatic rings. The monoisotopic (exact) mass is 381 g/mol. The lowest BCUT2D eigenvalue weighted by Crippen LogP contribution is -2.36. The Morgan fingerprint density at radius 3 is 2.78 bits per heavy atom. The third-order valence-electron chi connectivity index (χ3n) is 4.49. The van der Waals surface area contributed by atoms with Gasteiger partial charge in [0.2, 0.25) is 0 Å². The molecular weight excluding hydrogens is 363 g/mol. The Bertz CT molecular complexity index is 840. The summed E-state index contributed by atoms with van der Waals surface area (Å²) in [6.45, 7) is 1.47. The first-order valence-corrected chi connectivity index (χ1v) is 8.76. The summed E-state index contributed by atoms with van der Waals surface area (Å²) in [5.41, 5.74) is -0.689. The number of alkyl halides is 3. The molecular formula is C18H18F3N3O3. The fourth-order valence-corrected chi connectivity index (χ4v) is 2.90. The molecule has 0 radical (unpaired) electrons. The Hall–Kier alpha value is -2.55. The molecule has 1 saturated heterocycles. The van der Waals surface area contributed by atoms with Crippen LogP contribution in [0.25, 0.3) is 11.3 Å². The molecule has 4 rings (SSSR count). The van der Waals surface area contributed by atoms with E-state index >= 15 is 0 Å². The van der Waals surface area contributed by atoms with Crippen LogP contribution in [0.2, 0.25) is 0 Å². The first kappa shape index (κ1) is 17.8. The summed E-state index contributed by atoms with van der Waals surface area (Å²) in [4.78, 5) is 16.2. The third kappa shape index (κ3) is 4.08. The minimum absolute atomic E-state index is 0.000966. The van der Waals surface area contributed by atoms with E-state index in [0.29, 0.717) is 6.54 Å². The summed E-state index contributed by atoms with van der Waals surface area (Å²) in [6, 6.07) is 3.19. The van der Waals surface area contributed by atoms with Gasteiger partial charge in [-0.05, 0) is 44.0 Å². The van der Waals surface area contributed by atoms with Crippen molar-refractivity contribution in [2.75, 3.05) is 13.1 Å². The van der Waals surface area contributed by atoms with Crippen molar-refractivity contribution in [3.63, 3.8) is 0 Å². The van der Waals surface area contributed by atoms with E-state index in [-0.39, 0.29) is 35.1 Å². The van der Waals surface area contributed by atoms with E-state index in [0.717, 1.165) is 37.9 Å². The normalized spacial score (nSPS) is 19.9. The zero-order chi connectivity index (χ0) is 19.0. The number of nitrogens with zero attached hydrogens (tertiary/aromatic N) is 1. The standard InChI is InChI=1S/C18H18F3N3O3/c19-18(20,21)10-1-4-14(26-12-2-3-12)13(7-10)15-9-23-17(27-15)16(25)24-11-5-6-22-8-11/h1,4,7,9,11-12,22H,2-3,5-6,8H2,(H,24,25). The number of benzene rings is 1. The highest BCUT2D eigenvalue weighted by Gasteiger charge is 2.33. The van der Waals surface area contributed by atoms with Gasteiger partial charge in [0.15, 0.2) is 5.76 Å². The van der Waals surface area contributed by atoms with Crippen LogP contribution < -0.4 is 15.4 Å². The van der Waals surface area contributed by atoms with E-state index in [1.54, 1.807) is 0 Å². The lowest BCUT2D eigenvalue weighted by Gasteiger charge is -2.13. The van der Waals surface area contributed by atoms with Crippen LogP contribution in [0.5, 0.6) is 5.75 Å². The highest BCUT2D eigenvalue weighted by molar-refractivity contribution is 5.90. The molecule has 9 heteroatoms. The first-order chi connectivity index (χ1) is 12.9. The molecule has 1 amide bonds. The zero-order valence-electron chi connectivity index (χ0n) is 14.3. The van der Waals surface area contributed by atoms with E-state index in [1.165, 1.54) is 12.3 Å². The van der Waals surface area contributed by atoms with Crippen molar-refractivity contribution in [1.82, 2.24) is 15.6 Å². The number of carbonyl (C=O) groups is 1. The average Bonchev–Trinajstić information content (AvgIpc) is 3.10. The lowest BCUT2D eigenvalue weighted by atomic mass is 10.1. The molecule has 0 bridgehead atoms. The summed E-state index contributed by atoms with van der Waals surface area (Å²) >= 11 is 0. The van der Waals surface area contributed by atoms with Gasteiger partial charge in [0, 0.05) is 12.6 Å². The van der Waals surface area contributed by atoms with Gasteiger partial charge in [0.05, 0.1) is 23.4 Å². The topological polar surface area (TPSA) is 76.4 Å². The second-order valence-corrected chi connectivity index (χ2v) is 6.72. The predicted molar refractivity (Wildman–Crippen MR) is 89.3 cm³/mol. The SMILES string of the molecule is O=C(NC1CCNC1)c1ncc(-c2cc(C(F)(F)F)ccc2OC2CC2)o1. The summed E-state index contributed by atoms with van der Waals surface area (Å²) in [7, 11) is 0. The molecule has 6 nitrogen and oxygen atoms in total. The number of hydrogen-bond donors (Lipinski definition) is 2. The van der Waals surface area contributed by atoms with Gasteiger partial charge in [0.25, 0.3) is 5.89 Å². The van der Waals surface area contributed by atoms with Gasteiger partial charge < -0.3 is 19.8 Å². The number of aromatic nitrogens is 1. The van der Waals surface area contributed by atoms with Gasteiger partial charge in [-0.1, -0.05) is 0 Å². The van der Waals surface area contributed by atoms with Crippen molar-refractivity contribution in [1.29, 1.82) is 0 Å². The van der Waals surface area contributed by atoms with Crippen LogP contribution in [0, 0.1) is 0 Å². The number of ether oxygens (including phenoxy) is 1. The van der Waals surface area contributed by atoms with Crippen LogP contribution in [0.15, 0.2) is 28.8 Å². The maximum absolute atomic E-state index is 13.1. The maximum atomic E-state index is 13.1. The Kier molecular flexibility index (Phi) is 4.55. The highest BCUT2D eigenvalue weighted by atomic mass is 19.4. The fraction of sp³-hybridized carbons (Fsp3) is 0.444. The number of amides is 1. The molecule has 1 saturated carbocycles. The minimum Gasteiger partial charge on any atom is -0.490 e. The molecule has 1 aromatic carbocycles. The quantitative estimate of drug-likeness (QED) is 0.833. The molecule has 1 aromatic heterocycles. The molecule has 2 aromatic rings. The van der Waals surface area contributed by atoms with Gasteiger partial charge >= 0.3 is 12.1 Å². The van der Waals surface area contributed by atoms with Crippen LogP contribution in [0.1, 0.15) is 35.5 Å². The van der Waals surface area contributed by atoms with Crippen molar-refractivity contribution in [3.05, 3.63) is 35.9 Å². The second kappa shape index (κ2) is 6.88. The van der Waals surface area contributed by atoms with Crippen molar-refractivity contribution < 1.29 is 27.1 Å². The maximum Gasteiger partial charge on any atom is 0.416 e. The van der Waals surface area contributed by atoms with Gasteiger partial charge in [-0.3, -0.25) is 4.79 Å². The van der Waals surface area contributed by atoms with Crippen LogP contribution in [0.4, 0.5) is 13.2 Å². The molecule has 1 unspecified atom stereocenters. The van der Waals surface area contributed by atoms with Crippen molar-refractivity contribution >= 4 is 5.91 Å². The van der Waals surface area contributed by atoms with Gasteiger partial charge in [0.1, 0.15) is 5.75 Å². The fourth-order valence-electron chi connectivity index (χ4n) is 2.90. The van der Waals surface area contributed by atoms with E-state index in [9.17, 15) is 18.0 Å². The van der Waals surface area contributed by atoms with Gasteiger partial charge in [-0.2, -0.15) is 13.2 Å². The number of carbonyl (C=O) groups excluding carboxylic acids is 1. The van der Waals surface area contributed by atoms with E-state index < -0.39 is 17.6 Å². The molecule has 144 valence electrons. The van der Waals surface area contributed by atoms with E-state index in [2.05, 4.69) is 15.6 Å². The van der Waals surface area contributed by atoms with Gasteiger partial charge in [-0.15, -0.1) is 0 Å². The van der Waals surface area contributed by atoms with Crippen molar-refractivity contribution in [3.8, 4) is 17.1 Å². The second-order valence-electron chi connectivity index (χ2n) is 6.72. The van der Waals surface area contributed by atoms with Gasteiger partial charge in [-0.25, -0.2) is 4.98 Å². The summed E-state index contributed by atoms with van der Waals surface area (Å²) in [5.74, 6) is -0.335. The Balaban J connectivity index is 1.61. The number of hydrogen-bond acceptors (Lipinski definition) is 5. The van der Waals surface area contributed by atoms with Crippen molar-refractivity contribution in [2.24, 2.45) is 0 Å². The van der Waals surface area contributed by atoms with E-state index in [1.807, 2.05) is 0 Å². The minimum atomic E-state index is -4.50. The first-order valence-electron chi connectivity index (χ1n) is 8.76. The predicted octanol–water partition coefficient (Wildman–Crippen LogP) is 2.99. The molecule has 2 fully saturated rings. The number of nitrogens with one attached hydrogen (secondary N) is 2. The number of rotatable bonds is 5. The third-order valence-corrected chi connectivity index (χ3v) is 4.49. The molecule has 1 aliphatic carbocycles. The van der Waals surface area contributed by atoms with Crippen LogP contribution >= 0.6 is 0 Å². The number of halogens is 3. The van der Waals surface area contributed by atoms with Crippen LogP contribution in [-0.4, -0.2) is 36.1 Å². The van der Waals surface area contributed by atoms with Crippen molar-refractivity contribution in [2.45, 2.75) is 37.6 Å². The highest BCUT2D eigenvalue weighted by Crippen LogP contribution is 2.39. The Morgan fingerprint density at radius 1 is 1.30 bits per heavy atom. The van der Waals surface area contributed by atoms with Crippen LogP contribution in [0.3, 0.4) is 0 Å².